The summed E-state index contributed by atoms with van der Waals surface area (Å²) in [5.41, 5.74) is 4.29. The zero-order chi connectivity index (χ0) is 48.0. The molecule has 2 heterocycles. The molecular weight excluding hydrogens is 812 g/mol. The Morgan fingerprint density at radius 1 is 0.353 bits per heavy atom. The topological polar surface area (TPSA) is 55.1 Å². The van der Waals surface area contributed by atoms with E-state index in [0.717, 1.165) is 21.9 Å². The minimum atomic E-state index is -0.0669. The van der Waals surface area contributed by atoms with Crippen LogP contribution in [0.5, 0.6) is 0 Å². The van der Waals surface area contributed by atoms with E-state index in [4.69, 9.17) is 129 Å². The monoisotopic (exact) mass is 832 g/mol. The van der Waals surface area contributed by atoms with Crippen molar-refractivity contribution < 1.29 is 4.42 Å². The molecule has 0 aliphatic rings. The van der Waals surface area contributed by atoms with Crippen molar-refractivity contribution in [3.8, 4) is 45.3 Å². The molecule has 10 rings (SSSR count). The van der Waals surface area contributed by atoms with Crippen molar-refractivity contribution >= 4 is 236 Å². The van der Waals surface area contributed by atoms with Crippen LogP contribution in [0.25, 0.3) is 78.0 Å². The van der Waals surface area contributed by atoms with Crippen molar-refractivity contribution in [2.24, 2.45) is 0 Å². The van der Waals surface area contributed by atoms with Gasteiger partial charge in [0.05, 0.1) is 5.69 Å². The van der Waals surface area contributed by atoms with Gasteiger partial charge in [-0.3, -0.25) is 0 Å². The number of anilines is 3. The second kappa shape index (κ2) is 17.2. The van der Waals surface area contributed by atoms with E-state index in [0.29, 0.717) is 39.8 Å². The first-order chi connectivity index (χ1) is 32.6. The first-order valence-corrected chi connectivity index (χ1v) is 20.9. The molecule has 68 heavy (non-hydrogen) atoms. The average molecular weight is 830 g/mol. The number of nitrogens with zero attached hydrogens (tertiary/aromatic N) is 4. The van der Waals surface area contributed by atoms with Crippen LogP contribution in [0.3, 0.4) is 0 Å². The molecule has 0 unspecified atom stereocenters. The van der Waals surface area contributed by atoms with Crippen LogP contribution < -0.4 is 81.4 Å². The third kappa shape index (κ3) is 7.18. The maximum Gasteiger partial charge on any atom is 0.164 e. The predicted octanol–water partition coefficient (Wildman–Crippen LogP) is -3.82. The zero-order valence-corrected chi connectivity index (χ0v) is 36.2. The largest absolute Gasteiger partial charge is 0.456 e. The lowest BCUT2D eigenvalue weighted by atomic mass is 9.61. The molecule has 0 N–H and O–H groups in total. The Labute approximate surface area is 412 Å². The zero-order valence-electron chi connectivity index (χ0n) is 36.2. The molecule has 0 aliphatic carbocycles. The molecule has 282 valence electrons. The molecule has 0 bridgehead atoms. The molecule has 28 radical (unpaired) electrons. The lowest BCUT2D eigenvalue weighted by Crippen LogP contribution is -2.52. The normalized spacial score (nSPS) is 11.5. The van der Waals surface area contributed by atoms with Gasteiger partial charge in [0.25, 0.3) is 0 Å². The van der Waals surface area contributed by atoms with E-state index >= 15 is 0 Å². The molecule has 5 nitrogen and oxygen atoms in total. The molecule has 0 fully saturated rings. The van der Waals surface area contributed by atoms with Crippen LogP contribution in [0.1, 0.15) is 0 Å². The molecule has 19 heteroatoms. The lowest BCUT2D eigenvalue weighted by molar-refractivity contribution is 0.669. The SMILES string of the molecule is [B]c1cc(N(c2c([B])c([B])c(-c3cc(-c4nc(-c5ccccc5)nc(-c5ccccc5)n4)c4c(c3)oc3ccccc34)c([B])c2[B])c2cc([B])c([B])c3c([B])c([B])c([B])c([B])c23)c([B])c([B])c1[B]. The highest BCUT2D eigenvalue weighted by molar-refractivity contribution is 6.71. The molecule has 0 amide bonds. The summed E-state index contributed by atoms with van der Waals surface area (Å²) >= 11 is 0. The number of fused-ring (bicyclic) bond motifs is 4. The highest BCUT2D eigenvalue weighted by Gasteiger charge is 2.28. The molecule has 8 aromatic carbocycles. The summed E-state index contributed by atoms with van der Waals surface area (Å²) in [6.45, 7) is 0. The lowest BCUT2D eigenvalue weighted by Gasteiger charge is -2.37. The molecule has 0 saturated carbocycles. The fourth-order valence-corrected chi connectivity index (χ4v) is 8.76. The highest BCUT2D eigenvalue weighted by atomic mass is 16.3. The Bertz CT molecular complexity index is 3670. The maximum absolute atomic E-state index is 7.20. The summed E-state index contributed by atoms with van der Waals surface area (Å²) in [5, 5.41) is 1.94. The quantitative estimate of drug-likeness (QED) is 0.155. The van der Waals surface area contributed by atoms with Crippen molar-refractivity contribution in [3.63, 3.8) is 0 Å². The molecular formula is C49H18B14N4O. The Kier molecular flexibility index (Phi) is 11.5. The van der Waals surface area contributed by atoms with Crippen LogP contribution in [-0.2, 0) is 0 Å². The van der Waals surface area contributed by atoms with E-state index in [1.165, 1.54) is 17.0 Å². The first-order valence-electron chi connectivity index (χ1n) is 20.9. The summed E-state index contributed by atoms with van der Waals surface area (Å²) in [6.07, 6.45) is 0. The summed E-state index contributed by atoms with van der Waals surface area (Å²) < 4.78 is 6.54. The second-order valence-electron chi connectivity index (χ2n) is 16.3. The van der Waals surface area contributed by atoms with Gasteiger partial charge >= 0.3 is 0 Å². The molecule has 2 aromatic heterocycles. The summed E-state index contributed by atoms with van der Waals surface area (Å²) in [4.78, 5) is 16.5. The smallest absolute Gasteiger partial charge is 0.164 e. The number of para-hydroxylation sites is 1. The molecule has 0 spiro atoms. The van der Waals surface area contributed by atoms with Gasteiger partial charge in [0.2, 0.25) is 0 Å². The van der Waals surface area contributed by atoms with Gasteiger partial charge in [-0.2, -0.15) is 0 Å². The number of hydrogen-bond donors (Lipinski definition) is 0. The van der Waals surface area contributed by atoms with Crippen molar-refractivity contribution in [3.05, 3.63) is 109 Å². The van der Waals surface area contributed by atoms with E-state index < -0.39 is 0 Å². The predicted molar refractivity (Wildman–Crippen MR) is 296 cm³/mol. The fourth-order valence-electron chi connectivity index (χ4n) is 8.76. The molecule has 0 saturated heterocycles. The summed E-state index contributed by atoms with van der Waals surface area (Å²) in [7, 11) is 94.1. The van der Waals surface area contributed by atoms with Crippen LogP contribution >= 0.6 is 0 Å². The van der Waals surface area contributed by atoms with Gasteiger partial charge in [0.15, 0.2) is 17.5 Å². The van der Waals surface area contributed by atoms with Gasteiger partial charge in [-0.1, -0.05) is 123 Å². The average Bonchev–Trinajstić information content (AvgIpc) is 3.73. The Balaban J connectivity index is 1.28. The Morgan fingerprint density at radius 3 is 1.46 bits per heavy atom. The number of furan rings is 1. The summed E-state index contributed by atoms with van der Waals surface area (Å²) in [5.74, 6) is 1.24. The van der Waals surface area contributed by atoms with Gasteiger partial charge in [-0.05, 0) is 52.2 Å². The van der Waals surface area contributed by atoms with Crippen LogP contribution in [0.15, 0.2) is 114 Å². The number of aromatic nitrogens is 3. The first kappa shape index (κ1) is 45.3. The van der Waals surface area contributed by atoms with Gasteiger partial charge < -0.3 is 9.32 Å². The minimum absolute atomic E-state index is 0.00101. The van der Waals surface area contributed by atoms with Crippen molar-refractivity contribution in [2.45, 2.75) is 0 Å². The third-order valence-electron chi connectivity index (χ3n) is 12.3. The number of rotatable bonds is 7. The van der Waals surface area contributed by atoms with Gasteiger partial charge in [-0.25, -0.2) is 15.0 Å². The number of hydrogen-bond acceptors (Lipinski definition) is 5. The molecule has 0 atom stereocenters. The van der Waals surface area contributed by atoms with Crippen LogP contribution in [0, 0.1) is 0 Å². The van der Waals surface area contributed by atoms with Crippen molar-refractivity contribution in [1.29, 1.82) is 0 Å². The van der Waals surface area contributed by atoms with Crippen LogP contribution in [0.2, 0.25) is 0 Å². The van der Waals surface area contributed by atoms with Crippen molar-refractivity contribution in [1.82, 2.24) is 15.0 Å². The summed E-state index contributed by atoms with van der Waals surface area (Å²) in [6, 6.07) is 33.5. The number of benzene rings is 8. The molecule has 0 aliphatic heterocycles. The van der Waals surface area contributed by atoms with E-state index in [1.54, 1.807) is 6.07 Å². The minimum Gasteiger partial charge on any atom is -0.456 e. The Hall–Kier alpha value is -6.46. The second-order valence-corrected chi connectivity index (χ2v) is 16.3. The van der Waals surface area contributed by atoms with Gasteiger partial charge in [-0.15, -0.1) is 32.8 Å². The van der Waals surface area contributed by atoms with Crippen molar-refractivity contribution in [2.75, 3.05) is 4.90 Å². The molecule has 10 aromatic rings. The Morgan fingerprint density at radius 2 is 0.853 bits per heavy atom. The highest BCUT2D eigenvalue weighted by Crippen LogP contribution is 2.40. The maximum atomic E-state index is 7.20. The van der Waals surface area contributed by atoms with E-state index in [2.05, 4.69) is 0 Å². The van der Waals surface area contributed by atoms with Gasteiger partial charge in [0.1, 0.15) is 121 Å². The van der Waals surface area contributed by atoms with Crippen LogP contribution in [-0.4, -0.2) is 125 Å². The fraction of sp³-hybridized carbons (Fsp3) is 0. The van der Waals surface area contributed by atoms with Gasteiger partial charge in [0, 0.05) is 38.8 Å². The van der Waals surface area contributed by atoms with Crippen LogP contribution in [0.4, 0.5) is 17.1 Å². The third-order valence-corrected chi connectivity index (χ3v) is 12.3. The van der Waals surface area contributed by atoms with E-state index in [1.807, 2.05) is 91.0 Å². The standard InChI is InChI=1S/C49H18B14N4O/c50-24-17-26(32-33(34(24)52)40(58)43(61)42(60)39(32)57)67(27-18-25(51)35(53)41(59)36(27)54)46-44(62)37(55)30(38(56)45(46)63)21-15-23(31-22-13-7-8-14-28(22)68-29(31)16-21)49-65-47(19-9-3-1-4-10-19)64-48(66-49)20-11-5-2-6-12-20/h1-18H. The van der Waals surface area contributed by atoms with E-state index in [9.17, 15) is 0 Å². The van der Waals surface area contributed by atoms with E-state index in [-0.39, 0.29) is 110 Å².